The molecule has 0 aliphatic carbocycles. The monoisotopic (exact) mass is 363 g/mol. The van der Waals surface area contributed by atoms with Crippen molar-refractivity contribution < 1.29 is 0 Å². The Morgan fingerprint density at radius 1 is 1.22 bits per heavy atom. The number of anilines is 1. The lowest BCUT2D eigenvalue weighted by Gasteiger charge is -2.66. The van der Waals surface area contributed by atoms with Crippen LogP contribution in [0.15, 0.2) is 41.2 Å². The van der Waals surface area contributed by atoms with Crippen LogP contribution in [0.5, 0.6) is 0 Å². The van der Waals surface area contributed by atoms with E-state index in [2.05, 4.69) is 26.3 Å². The van der Waals surface area contributed by atoms with Crippen molar-refractivity contribution in [2.45, 2.75) is 56.8 Å². The Balaban J connectivity index is 1.46. The van der Waals surface area contributed by atoms with Crippen molar-refractivity contribution in [2.24, 2.45) is 16.5 Å². The van der Waals surface area contributed by atoms with E-state index in [9.17, 15) is 0 Å². The minimum absolute atomic E-state index is 0.340. The molecule has 0 amide bonds. The number of aromatic nitrogens is 2. The summed E-state index contributed by atoms with van der Waals surface area (Å²) in [7, 11) is 0. The second kappa shape index (κ2) is 6.20. The minimum atomic E-state index is 0.340. The Labute approximate surface area is 158 Å². The molecule has 0 bridgehead atoms. The van der Waals surface area contributed by atoms with Gasteiger partial charge in [-0.25, -0.2) is 9.98 Å². The summed E-state index contributed by atoms with van der Waals surface area (Å²) in [5.74, 6) is 1.73. The van der Waals surface area contributed by atoms with E-state index in [-0.39, 0.29) is 0 Å². The Morgan fingerprint density at radius 2 is 1.96 bits per heavy atom. The van der Waals surface area contributed by atoms with Gasteiger partial charge in [0, 0.05) is 47.5 Å². The van der Waals surface area contributed by atoms with E-state index in [1.54, 1.807) is 19.2 Å². The highest BCUT2D eigenvalue weighted by molar-refractivity contribution is 5.95. The van der Waals surface area contributed by atoms with E-state index in [4.69, 9.17) is 16.5 Å². The van der Waals surface area contributed by atoms with Crippen LogP contribution < -0.4 is 16.8 Å². The van der Waals surface area contributed by atoms with E-state index in [1.807, 2.05) is 12.1 Å². The number of nitrogens with zero attached hydrogens (tertiary/aromatic N) is 4. The molecule has 0 radical (unpaired) electrons. The first-order chi connectivity index (χ1) is 13.1. The fourth-order valence-corrected chi connectivity index (χ4v) is 4.96. The maximum Gasteiger partial charge on any atom is 0.158 e. The van der Waals surface area contributed by atoms with Crippen molar-refractivity contribution in [1.29, 1.82) is 0 Å². The Hall–Kier alpha value is -2.67. The molecule has 3 saturated heterocycles. The third-order valence-corrected chi connectivity index (χ3v) is 6.01. The molecule has 4 atom stereocenters. The summed E-state index contributed by atoms with van der Waals surface area (Å²) in [6.07, 6.45) is 8.50. The summed E-state index contributed by atoms with van der Waals surface area (Å²) in [4.78, 5) is 16.3. The molecule has 3 fully saturated rings. The van der Waals surface area contributed by atoms with Crippen LogP contribution in [0.4, 0.5) is 11.6 Å². The summed E-state index contributed by atoms with van der Waals surface area (Å²) in [6.45, 7) is 1.78. The fourth-order valence-electron chi connectivity index (χ4n) is 4.96. The van der Waals surface area contributed by atoms with Crippen LogP contribution in [0.1, 0.15) is 32.6 Å². The highest BCUT2D eigenvalue weighted by atomic mass is 15.3. The molecule has 3 aliphatic rings. The average molecular weight is 363 g/mol. The molecule has 3 aliphatic heterocycles. The van der Waals surface area contributed by atoms with Crippen molar-refractivity contribution in [1.82, 2.24) is 14.9 Å². The van der Waals surface area contributed by atoms with Gasteiger partial charge in [0.1, 0.15) is 11.7 Å². The molecule has 0 spiro atoms. The van der Waals surface area contributed by atoms with Gasteiger partial charge in [-0.2, -0.15) is 0 Å². The lowest BCUT2D eigenvalue weighted by molar-refractivity contribution is -0.146. The molecule has 0 aromatic carbocycles. The number of hydrogen-bond donors (Lipinski definition) is 3. The summed E-state index contributed by atoms with van der Waals surface area (Å²) >= 11 is 0. The second-order valence-corrected chi connectivity index (χ2v) is 8.02. The van der Waals surface area contributed by atoms with Gasteiger partial charge < -0.3 is 16.8 Å². The summed E-state index contributed by atoms with van der Waals surface area (Å²) in [5, 5.41) is 4.71. The first kappa shape index (κ1) is 16.5. The number of nitrogens with one attached hydrogen (secondary N) is 1. The molecule has 5 heterocycles. The van der Waals surface area contributed by atoms with Crippen molar-refractivity contribution in [3.8, 4) is 0 Å². The molecule has 27 heavy (non-hydrogen) atoms. The largest absolute Gasteiger partial charge is 0.402 e. The average Bonchev–Trinajstić information content (AvgIpc) is 2.56. The van der Waals surface area contributed by atoms with Gasteiger partial charge in [0.15, 0.2) is 5.82 Å². The maximum atomic E-state index is 5.96. The molecule has 7 nitrogen and oxygen atoms in total. The normalized spacial score (nSPS) is 30.4. The number of rotatable bonds is 4. The quantitative estimate of drug-likeness (QED) is 0.568. The molecule has 2 aromatic rings. The van der Waals surface area contributed by atoms with Gasteiger partial charge in [0.25, 0.3) is 0 Å². The number of nitrogens with two attached hydrogens (primary N) is 2. The number of piperidine rings is 2. The Morgan fingerprint density at radius 3 is 2.67 bits per heavy atom. The lowest BCUT2D eigenvalue weighted by Crippen LogP contribution is -2.73. The molecule has 2 unspecified atom stereocenters. The molecule has 5 N–H and O–H groups in total. The number of aliphatic imine (C=N–C) groups is 1. The van der Waals surface area contributed by atoms with Crippen molar-refractivity contribution >= 4 is 28.4 Å². The summed E-state index contributed by atoms with van der Waals surface area (Å²) < 4.78 is 0. The topological polar surface area (TPSA) is 105 Å². The van der Waals surface area contributed by atoms with Crippen LogP contribution in [0.2, 0.25) is 0 Å². The van der Waals surface area contributed by atoms with Gasteiger partial charge >= 0.3 is 0 Å². The standard InChI is InChI=1S/C20H25N7/c1-11(21)5-18(22)25-19-10-17-16(3-2-4-23-17)20(26-19)24-12-6-13-8-15-9-14(7-12)27(13)15/h2-5,10,12-15H,6-9,21H2,1H3,(H3,22,24,25,26)/b11-5-/t12?,13-,14+,15?. The Kier molecular flexibility index (Phi) is 3.79. The maximum absolute atomic E-state index is 5.96. The fraction of sp³-hybridized carbons (Fsp3) is 0.450. The second-order valence-electron chi connectivity index (χ2n) is 8.02. The highest BCUT2D eigenvalue weighted by Crippen LogP contribution is 2.49. The van der Waals surface area contributed by atoms with Gasteiger partial charge in [0.2, 0.25) is 0 Å². The van der Waals surface area contributed by atoms with E-state index >= 15 is 0 Å². The zero-order valence-electron chi connectivity index (χ0n) is 15.5. The summed E-state index contributed by atoms with van der Waals surface area (Å²) in [5.41, 5.74) is 13.1. The number of pyridine rings is 2. The van der Waals surface area contributed by atoms with E-state index in [1.165, 1.54) is 25.7 Å². The zero-order chi connectivity index (χ0) is 18.5. The van der Waals surface area contributed by atoms with Crippen LogP contribution in [-0.4, -0.2) is 44.9 Å². The molecular formula is C20H25N7. The minimum Gasteiger partial charge on any atom is -0.402 e. The van der Waals surface area contributed by atoms with E-state index in [0.717, 1.165) is 34.8 Å². The van der Waals surface area contributed by atoms with Crippen molar-refractivity contribution in [3.63, 3.8) is 0 Å². The van der Waals surface area contributed by atoms with Crippen LogP contribution in [0, 0.1) is 0 Å². The van der Waals surface area contributed by atoms with Crippen LogP contribution in [0.25, 0.3) is 10.9 Å². The van der Waals surface area contributed by atoms with E-state index in [0.29, 0.717) is 23.4 Å². The van der Waals surface area contributed by atoms with Gasteiger partial charge in [0.05, 0.1) is 5.52 Å². The third kappa shape index (κ3) is 2.92. The van der Waals surface area contributed by atoms with Gasteiger partial charge in [-0.3, -0.25) is 9.88 Å². The van der Waals surface area contributed by atoms with Gasteiger partial charge in [-0.1, -0.05) is 0 Å². The van der Waals surface area contributed by atoms with Crippen LogP contribution >= 0.6 is 0 Å². The van der Waals surface area contributed by atoms with E-state index < -0.39 is 0 Å². The number of allylic oxidation sites excluding steroid dienone is 1. The lowest BCUT2D eigenvalue weighted by atomic mass is 9.68. The molecule has 0 saturated carbocycles. The van der Waals surface area contributed by atoms with Gasteiger partial charge in [-0.15, -0.1) is 0 Å². The molecular weight excluding hydrogens is 338 g/mol. The van der Waals surface area contributed by atoms with Crippen molar-refractivity contribution in [2.75, 3.05) is 5.32 Å². The number of amidine groups is 1. The van der Waals surface area contributed by atoms with Crippen LogP contribution in [0.3, 0.4) is 0 Å². The third-order valence-electron chi connectivity index (χ3n) is 6.01. The van der Waals surface area contributed by atoms with Gasteiger partial charge in [-0.05, 0) is 50.8 Å². The number of fused-ring (bicyclic) bond motifs is 1. The molecule has 140 valence electrons. The first-order valence-electron chi connectivity index (χ1n) is 9.64. The number of hydrogen-bond acceptors (Lipinski definition) is 6. The Bertz CT molecular complexity index is 930. The predicted molar refractivity (Wildman–Crippen MR) is 108 cm³/mol. The highest BCUT2D eigenvalue weighted by Gasteiger charge is 2.54. The predicted octanol–water partition coefficient (Wildman–Crippen LogP) is 2.27. The zero-order valence-corrected chi connectivity index (χ0v) is 15.5. The smallest absolute Gasteiger partial charge is 0.158 e. The molecule has 2 aromatic heterocycles. The molecule has 7 heteroatoms. The van der Waals surface area contributed by atoms with Crippen molar-refractivity contribution in [3.05, 3.63) is 36.2 Å². The first-order valence-corrected chi connectivity index (χ1v) is 9.64. The summed E-state index contributed by atoms with van der Waals surface area (Å²) in [6, 6.07) is 8.67. The SMILES string of the molecule is C/C(N)=C/C(N)=Nc1cc2ncccc2c(NC2C[C@@H]3CC4C[C@H](C2)N43)n1. The molecule has 5 rings (SSSR count). The van der Waals surface area contributed by atoms with Crippen LogP contribution in [-0.2, 0) is 0 Å².